The van der Waals surface area contributed by atoms with Crippen molar-refractivity contribution < 1.29 is 0 Å². The van der Waals surface area contributed by atoms with Gasteiger partial charge in [-0.05, 0) is 25.1 Å². The molecule has 0 atom stereocenters. The van der Waals surface area contributed by atoms with E-state index in [2.05, 4.69) is 28.2 Å². The van der Waals surface area contributed by atoms with Crippen LogP contribution in [0.3, 0.4) is 0 Å². The molecule has 0 saturated carbocycles. The number of hydrogen-bond acceptors (Lipinski definition) is 5. The van der Waals surface area contributed by atoms with Crippen LogP contribution in [-0.2, 0) is 6.54 Å². The molecule has 0 aliphatic heterocycles. The Hall–Kier alpha value is -2.06. The number of rotatable bonds is 5. The molecule has 0 unspecified atom stereocenters. The maximum atomic E-state index is 8.91. The summed E-state index contributed by atoms with van der Waals surface area (Å²) in [4.78, 5) is 7.63. The molecule has 4 nitrogen and oxygen atoms in total. The highest BCUT2D eigenvalue weighted by Crippen LogP contribution is 2.22. The van der Waals surface area contributed by atoms with Crippen molar-refractivity contribution in [3.05, 3.63) is 40.9 Å². The van der Waals surface area contributed by atoms with Crippen molar-refractivity contribution in [3.8, 4) is 6.07 Å². The molecule has 2 rings (SSSR count). The van der Waals surface area contributed by atoms with Gasteiger partial charge in [-0.3, -0.25) is 0 Å². The lowest BCUT2D eigenvalue weighted by Gasteiger charge is -2.18. The topological polar surface area (TPSA) is 52.0 Å². The first-order chi connectivity index (χ1) is 9.22. The predicted molar refractivity (Wildman–Crippen MR) is 79.5 cm³/mol. The Morgan fingerprint density at radius 1 is 1.47 bits per heavy atom. The zero-order valence-electron chi connectivity index (χ0n) is 11.1. The summed E-state index contributed by atoms with van der Waals surface area (Å²) in [6.07, 6.45) is 1.90. The van der Waals surface area contributed by atoms with Gasteiger partial charge in [0.25, 0.3) is 0 Å². The first-order valence-electron chi connectivity index (χ1n) is 6.12. The highest BCUT2D eigenvalue weighted by Gasteiger charge is 2.06. The summed E-state index contributed by atoms with van der Waals surface area (Å²) in [6, 6.07) is 9.78. The third-order valence-electron chi connectivity index (χ3n) is 2.69. The molecule has 5 heteroatoms. The Morgan fingerprint density at radius 2 is 2.32 bits per heavy atom. The molecular weight excluding hydrogens is 256 g/mol. The molecule has 0 aliphatic carbocycles. The van der Waals surface area contributed by atoms with E-state index in [4.69, 9.17) is 5.26 Å². The highest BCUT2D eigenvalue weighted by molar-refractivity contribution is 7.15. The minimum Gasteiger partial charge on any atom is -0.369 e. The van der Waals surface area contributed by atoms with Crippen LogP contribution in [-0.4, -0.2) is 18.6 Å². The smallest absolute Gasteiger partial charge is 0.182 e. The van der Waals surface area contributed by atoms with Crippen molar-refractivity contribution in [2.24, 2.45) is 0 Å². The van der Waals surface area contributed by atoms with Gasteiger partial charge in [0, 0.05) is 30.4 Å². The van der Waals surface area contributed by atoms with Gasteiger partial charge in [0.15, 0.2) is 5.13 Å². The summed E-state index contributed by atoms with van der Waals surface area (Å²) in [5, 5.41) is 13.1. The van der Waals surface area contributed by atoms with Gasteiger partial charge in [-0.15, -0.1) is 11.3 Å². The minimum absolute atomic E-state index is 0.682. The second kappa shape index (κ2) is 6.21. The van der Waals surface area contributed by atoms with Crippen LogP contribution in [0.25, 0.3) is 0 Å². The van der Waals surface area contributed by atoms with Crippen LogP contribution in [0.4, 0.5) is 10.8 Å². The number of anilines is 2. The van der Waals surface area contributed by atoms with Gasteiger partial charge >= 0.3 is 0 Å². The van der Waals surface area contributed by atoms with Gasteiger partial charge in [0.05, 0.1) is 18.2 Å². The zero-order chi connectivity index (χ0) is 13.7. The average molecular weight is 272 g/mol. The molecule has 0 saturated heterocycles. The van der Waals surface area contributed by atoms with Crippen LogP contribution in [0.1, 0.15) is 17.4 Å². The molecule has 1 heterocycles. The van der Waals surface area contributed by atoms with E-state index in [1.807, 2.05) is 37.5 Å². The van der Waals surface area contributed by atoms with E-state index in [1.165, 1.54) is 4.88 Å². The van der Waals surface area contributed by atoms with Crippen molar-refractivity contribution in [2.45, 2.75) is 13.5 Å². The molecule has 0 aliphatic rings. The maximum absolute atomic E-state index is 8.91. The molecular formula is C14H16N4S. The van der Waals surface area contributed by atoms with Crippen molar-refractivity contribution in [1.82, 2.24) is 4.98 Å². The fraction of sp³-hybridized carbons (Fsp3) is 0.286. The number of aromatic nitrogens is 1. The van der Waals surface area contributed by atoms with E-state index in [0.29, 0.717) is 5.56 Å². The fourth-order valence-corrected chi connectivity index (χ4v) is 2.69. The molecule has 98 valence electrons. The number of nitrogens with one attached hydrogen (secondary N) is 1. The van der Waals surface area contributed by atoms with E-state index < -0.39 is 0 Å². The Morgan fingerprint density at radius 3 is 3.05 bits per heavy atom. The second-order valence-electron chi connectivity index (χ2n) is 4.18. The Balaban J connectivity index is 2.07. The van der Waals surface area contributed by atoms with E-state index in [-0.39, 0.29) is 0 Å². The summed E-state index contributed by atoms with van der Waals surface area (Å²) < 4.78 is 0. The molecule has 2 aromatic rings. The zero-order valence-corrected chi connectivity index (χ0v) is 11.9. The van der Waals surface area contributed by atoms with Gasteiger partial charge in [0.2, 0.25) is 0 Å². The SMILES string of the molecule is CCNc1ncc(CN(C)c2cccc(C#N)c2)s1. The fourth-order valence-electron chi connectivity index (χ4n) is 1.75. The molecule has 1 aromatic heterocycles. The molecule has 0 spiro atoms. The summed E-state index contributed by atoms with van der Waals surface area (Å²) in [5.41, 5.74) is 1.72. The van der Waals surface area contributed by atoms with E-state index in [1.54, 1.807) is 11.3 Å². The average Bonchev–Trinajstić information content (AvgIpc) is 2.86. The molecule has 1 N–H and O–H groups in total. The van der Waals surface area contributed by atoms with Gasteiger partial charge in [-0.25, -0.2) is 4.98 Å². The highest BCUT2D eigenvalue weighted by atomic mass is 32.1. The molecule has 19 heavy (non-hydrogen) atoms. The Bertz CT molecular complexity index is 585. The number of nitrogens with zero attached hydrogens (tertiary/aromatic N) is 3. The number of hydrogen-bond donors (Lipinski definition) is 1. The third kappa shape index (κ3) is 3.46. The van der Waals surface area contributed by atoms with Crippen LogP contribution in [0.2, 0.25) is 0 Å². The summed E-state index contributed by atoms with van der Waals surface area (Å²) in [5.74, 6) is 0. The van der Waals surface area contributed by atoms with Crippen molar-refractivity contribution in [3.63, 3.8) is 0 Å². The first-order valence-corrected chi connectivity index (χ1v) is 6.94. The number of benzene rings is 1. The number of nitriles is 1. The van der Waals surface area contributed by atoms with Crippen LogP contribution < -0.4 is 10.2 Å². The standard InChI is InChI=1S/C14H16N4S/c1-3-16-14-17-9-13(19-14)10-18(2)12-6-4-5-11(7-12)8-15/h4-7,9H,3,10H2,1-2H3,(H,16,17). The third-order valence-corrected chi connectivity index (χ3v) is 3.63. The normalized spacial score (nSPS) is 9.95. The first kappa shape index (κ1) is 13.4. The van der Waals surface area contributed by atoms with Gasteiger partial charge in [-0.1, -0.05) is 6.07 Å². The molecule has 0 bridgehead atoms. The molecule has 0 amide bonds. The van der Waals surface area contributed by atoms with Gasteiger partial charge < -0.3 is 10.2 Å². The molecule has 0 radical (unpaired) electrons. The monoisotopic (exact) mass is 272 g/mol. The maximum Gasteiger partial charge on any atom is 0.182 e. The molecule has 1 aromatic carbocycles. The van der Waals surface area contributed by atoms with E-state index in [9.17, 15) is 0 Å². The lowest BCUT2D eigenvalue weighted by Crippen LogP contribution is -2.15. The summed E-state index contributed by atoms with van der Waals surface area (Å²) >= 11 is 1.66. The summed E-state index contributed by atoms with van der Waals surface area (Å²) in [7, 11) is 2.02. The van der Waals surface area contributed by atoms with E-state index in [0.717, 1.165) is 23.9 Å². The minimum atomic E-state index is 0.682. The number of thiazole rings is 1. The largest absolute Gasteiger partial charge is 0.369 e. The molecule has 0 fully saturated rings. The van der Waals surface area contributed by atoms with Gasteiger partial charge in [0.1, 0.15) is 0 Å². The Kier molecular flexibility index (Phi) is 4.37. The van der Waals surface area contributed by atoms with Gasteiger partial charge in [-0.2, -0.15) is 5.26 Å². The van der Waals surface area contributed by atoms with Crippen molar-refractivity contribution in [1.29, 1.82) is 5.26 Å². The van der Waals surface area contributed by atoms with Crippen molar-refractivity contribution >= 4 is 22.2 Å². The summed E-state index contributed by atoms with van der Waals surface area (Å²) in [6.45, 7) is 3.73. The second-order valence-corrected chi connectivity index (χ2v) is 5.30. The van der Waals surface area contributed by atoms with Crippen LogP contribution in [0.15, 0.2) is 30.5 Å². The van der Waals surface area contributed by atoms with E-state index >= 15 is 0 Å². The quantitative estimate of drug-likeness (QED) is 0.908. The lowest BCUT2D eigenvalue weighted by molar-refractivity contribution is 0.936. The lowest BCUT2D eigenvalue weighted by atomic mass is 10.2. The van der Waals surface area contributed by atoms with Crippen LogP contribution in [0.5, 0.6) is 0 Å². The van der Waals surface area contributed by atoms with Crippen LogP contribution in [0, 0.1) is 11.3 Å². The predicted octanol–water partition coefficient (Wildman–Crippen LogP) is 3.08. The van der Waals surface area contributed by atoms with Crippen LogP contribution >= 0.6 is 11.3 Å². The Labute approximate surface area is 117 Å². The van der Waals surface area contributed by atoms with Crippen molar-refractivity contribution in [2.75, 3.05) is 23.8 Å².